The quantitative estimate of drug-likeness (QED) is 0.412. The second-order valence-corrected chi connectivity index (χ2v) is 1.90. The van der Waals surface area contributed by atoms with E-state index in [2.05, 4.69) is 17.9 Å². The SMILES string of the molecule is C=CCC(=O)O.C=COC(=O)CC. The number of ether oxygens (including phenoxy) is 1. The maximum absolute atomic E-state index is 10.1. The molecule has 0 aliphatic carbocycles. The van der Waals surface area contributed by atoms with Gasteiger partial charge in [0.15, 0.2) is 0 Å². The van der Waals surface area contributed by atoms with E-state index in [-0.39, 0.29) is 12.4 Å². The van der Waals surface area contributed by atoms with Gasteiger partial charge in [-0.25, -0.2) is 0 Å². The molecule has 0 atom stereocenters. The number of hydrogen-bond acceptors (Lipinski definition) is 3. The van der Waals surface area contributed by atoms with Crippen LogP contribution in [0.2, 0.25) is 0 Å². The van der Waals surface area contributed by atoms with Gasteiger partial charge in [-0.1, -0.05) is 19.6 Å². The Kier molecular flexibility index (Phi) is 11.2. The Balaban J connectivity index is 0. The summed E-state index contributed by atoms with van der Waals surface area (Å²) in [5.41, 5.74) is 0. The maximum Gasteiger partial charge on any atom is 0.310 e. The van der Waals surface area contributed by atoms with Crippen molar-refractivity contribution >= 4 is 11.9 Å². The molecule has 0 saturated carbocycles. The molecule has 1 N–H and O–H groups in total. The van der Waals surface area contributed by atoms with Crippen LogP contribution in [0.3, 0.4) is 0 Å². The van der Waals surface area contributed by atoms with E-state index in [1.54, 1.807) is 6.92 Å². The predicted molar refractivity (Wildman–Crippen MR) is 49.0 cm³/mol. The first-order chi connectivity index (χ1) is 6.08. The van der Waals surface area contributed by atoms with E-state index >= 15 is 0 Å². The molecule has 0 fully saturated rings. The van der Waals surface area contributed by atoms with Crippen LogP contribution in [-0.2, 0) is 14.3 Å². The van der Waals surface area contributed by atoms with Gasteiger partial charge < -0.3 is 9.84 Å². The van der Waals surface area contributed by atoms with Crippen LogP contribution >= 0.6 is 0 Å². The van der Waals surface area contributed by atoms with Gasteiger partial charge in [-0.05, 0) is 0 Å². The number of aliphatic carboxylic acids is 1. The van der Waals surface area contributed by atoms with Crippen LogP contribution < -0.4 is 0 Å². The number of rotatable bonds is 4. The predicted octanol–water partition coefficient (Wildman–Crippen LogP) is 1.73. The highest BCUT2D eigenvalue weighted by Gasteiger charge is 1.89. The number of carboxylic acids is 1. The highest BCUT2D eigenvalue weighted by atomic mass is 16.5. The fourth-order valence-electron chi connectivity index (χ4n) is 0.300. The summed E-state index contributed by atoms with van der Waals surface area (Å²) in [4.78, 5) is 19.6. The van der Waals surface area contributed by atoms with E-state index < -0.39 is 5.97 Å². The molecule has 0 radical (unpaired) electrons. The number of esters is 1. The van der Waals surface area contributed by atoms with Crippen molar-refractivity contribution in [1.29, 1.82) is 0 Å². The topological polar surface area (TPSA) is 63.6 Å². The average molecular weight is 186 g/mol. The van der Waals surface area contributed by atoms with Crippen LogP contribution in [0.1, 0.15) is 19.8 Å². The summed E-state index contributed by atoms with van der Waals surface area (Å²) in [7, 11) is 0. The lowest BCUT2D eigenvalue weighted by atomic mass is 10.4. The normalized spacial score (nSPS) is 7.46. The zero-order valence-corrected chi connectivity index (χ0v) is 7.66. The molecule has 0 unspecified atom stereocenters. The minimum Gasteiger partial charge on any atom is -0.481 e. The fraction of sp³-hybridized carbons (Fsp3) is 0.333. The molecule has 0 amide bonds. The molecule has 0 aromatic rings. The Hall–Kier alpha value is -1.58. The van der Waals surface area contributed by atoms with E-state index in [1.165, 1.54) is 6.08 Å². The lowest BCUT2D eigenvalue weighted by molar-refractivity contribution is -0.138. The third kappa shape index (κ3) is 17.9. The molecule has 0 heterocycles. The van der Waals surface area contributed by atoms with Gasteiger partial charge in [0.1, 0.15) is 0 Å². The van der Waals surface area contributed by atoms with E-state index in [0.717, 1.165) is 6.26 Å². The van der Waals surface area contributed by atoms with Crippen molar-refractivity contribution in [2.24, 2.45) is 0 Å². The molecule has 0 saturated heterocycles. The van der Waals surface area contributed by atoms with Gasteiger partial charge in [0.2, 0.25) is 0 Å². The molecule has 0 bridgehead atoms. The molecule has 0 aromatic heterocycles. The summed E-state index contributed by atoms with van der Waals surface area (Å²) in [6, 6.07) is 0. The molecule has 13 heavy (non-hydrogen) atoms. The van der Waals surface area contributed by atoms with Crippen LogP contribution in [0.5, 0.6) is 0 Å². The first kappa shape index (κ1) is 14.0. The summed E-state index contributed by atoms with van der Waals surface area (Å²) in [5.74, 6) is -1.07. The van der Waals surface area contributed by atoms with Gasteiger partial charge in [0.05, 0.1) is 12.7 Å². The Labute approximate surface area is 77.5 Å². The molecular formula is C9H14O4. The Morgan fingerprint density at radius 3 is 2.08 bits per heavy atom. The van der Waals surface area contributed by atoms with Crippen molar-refractivity contribution in [1.82, 2.24) is 0 Å². The van der Waals surface area contributed by atoms with E-state index in [4.69, 9.17) is 5.11 Å². The summed E-state index contributed by atoms with van der Waals surface area (Å²) >= 11 is 0. The van der Waals surface area contributed by atoms with Crippen molar-refractivity contribution in [3.63, 3.8) is 0 Å². The van der Waals surface area contributed by atoms with Gasteiger partial charge in [0.25, 0.3) is 0 Å². The minimum atomic E-state index is -0.829. The minimum absolute atomic E-state index is 0.0556. The second-order valence-electron chi connectivity index (χ2n) is 1.90. The molecule has 0 aliphatic rings. The monoisotopic (exact) mass is 186 g/mol. The fourth-order valence-corrected chi connectivity index (χ4v) is 0.300. The molecule has 0 spiro atoms. The summed E-state index contributed by atoms with van der Waals surface area (Å²) in [6.07, 6.45) is 2.94. The van der Waals surface area contributed by atoms with Gasteiger partial charge >= 0.3 is 11.9 Å². The maximum atomic E-state index is 10.1. The van der Waals surface area contributed by atoms with Crippen LogP contribution in [0.4, 0.5) is 0 Å². The number of carbonyl (C=O) groups is 2. The zero-order chi connectivity index (χ0) is 10.7. The number of hydrogen-bond donors (Lipinski definition) is 1. The largest absolute Gasteiger partial charge is 0.481 e. The summed E-state index contributed by atoms with van der Waals surface area (Å²) < 4.78 is 4.32. The van der Waals surface area contributed by atoms with Crippen molar-refractivity contribution in [2.45, 2.75) is 19.8 Å². The summed E-state index contributed by atoms with van der Waals surface area (Å²) in [5, 5.41) is 7.84. The molecule has 74 valence electrons. The van der Waals surface area contributed by atoms with E-state index in [9.17, 15) is 9.59 Å². The third-order valence-corrected chi connectivity index (χ3v) is 0.822. The van der Waals surface area contributed by atoms with Crippen molar-refractivity contribution in [3.05, 3.63) is 25.5 Å². The van der Waals surface area contributed by atoms with Crippen LogP contribution in [-0.4, -0.2) is 17.0 Å². The van der Waals surface area contributed by atoms with Gasteiger partial charge in [-0.15, -0.1) is 6.58 Å². The molecule has 0 aliphatic heterocycles. The Morgan fingerprint density at radius 1 is 1.46 bits per heavy atom. The number of carbonyl (C=O) groups excluding carboxylic acids is 1. The van der Waals surface area contributed by atoms with Crippen molar-refractivity contribution in [3.8, 4) is 0 Å². The molecule has 4 heteroatoms. The van der Waals surface area contributed by atoms with Crippen molar-refractivity contribution < 1.29 is 19.4 Å². The standard InChI is InChI=1S/C5H8O2.C4H6O2/c1-3-5(6)7-4-2;1-2-3-4(5)6/h4H,2-3H2,1H3;2H,1,3H2,(H,5,6). The van der Waals surface area contributed by atoms with Gasteiger partial charge in [-0.3, -0.25) is 9.59 Å². The van der Waals surface area contributed by atoms with Crippen molar-refractivity contribution in [2.75, 3.05) is 0 Å². The Morgan fingerprint density at radius 2 is 2.00 bits per heavy atom. The van der Waals surface area contributed by atoms with E-state index in [0.29, 0.717) is 6.42 Å². The van der Waals surface area contributed by atoms with Gasteiger partial charge in [-0.2, -0.15) is 0 Å². The first-order valence-electron chi connectivity index (χ1n) is 3.71. The highest BCUT2D eigenvalue weighted by Crippen LogP contribution is 1.81. The first-order valence-corrected chi connectivity index (χ1v) is 3.71. The smallest absolute Gasteiger partial charge is 0.310 e. The summed E-state index contributed by atoms with van der Waals surface area (Å²) in [6.45, 7) is 8.15. The highest BCUT2D eigenvalue weighted by molar-refractivity contribution is 5.69. The molecule has 0 rings (SSSR count). The van der Waals surface area contributed by atoms with Crippen LogP contribution in [0.15, 0.2) is 25.5 Å². The lowest BCUT2D eigenvalue weighted by Gasteiger charge is -1.88. The second kappa shape index (κ2) is 10.4. The van der Waals surface area contributed by atoms with Crippen LogP contribution in [0.25, 0.3) is 0 Å². The van der Waals surface area contributed by atoms with E-state index in [1.807, 2.05) is 0 Å². The lowest BCUT2D eigenvalue weighted by Crippen LogP contribution is -1.94. The molecular weight excluding hydrogens is 172 g/mol. The molecule has 4 nitrogen and oxygen atoms in total. The Bertz CT molecular complexity index is 184. The van der Waals surface area contributed by atoms with Crippen LogP contribution in [0, 0.1) is 0 Å². The third-order valence-electron chi connectivity index (χ3n) is 0.822. The molecule has 0 aromatic carbocycles. The average Bonchev–Trinajstić information content (AvgIpc) is 2.05. The zero-order valence-electron chi connectivity index (χ0n) is 7.66. The van der Waals surface area contributed by atoms with Gasteiger partial charge in [0, 0.05) is 6.42 Å². The number of carboxylic acid groups (broad SMARTS) is 1.